The Morgan fingerprint density at radius 1 is 1.22 bits per heavy atom. The molecule has 0 aliphatic carbocycles. The summed E-state index contributed by atoms with van der Waals surface area (Å²) in [6.45, 7) is 3.66. The maximum Gasteiger partial charge on any atom is 0.342 e. The lowest BCUT2D eigenvalue weighted by molar-refractivity contribution is 0.0455. The summed E-state index contributed by atoms with van der Waals surface area (Å²) in [6, 6.07) is 8.91. The molecule has 32 heavy (non-hydrogen) atoms. The second-order valence-electron chi connectivity index (χ2n) is 7.18. The number of aromatic hydroxyl groups is 1. The minimum absolute atomic E-state index is 0.00699. The average molecular weight is 480 g/mol. The molecule has 2 aromatic carbocycles. The van der Waals surface area contributed by atoms with Crippen molar-refractivity contribution in [3.05, 3.63) is 52.8 Å². The number of ether oxygens (including phenoxy) is 2. The van der Waals surface area contributed by atoms with Gasteiger partial charge in [0.1, 0.15) is 23.7 Å². The van der Waals surface area contributed by atoms with E-state index in [4.69, 9.17) is 21.1 Å². The molecule has 1 N–H and O–H groups in total. The number of hydrogen-bond donors (Lipinski definition) is 1. The van der Waals surface area contributed by atoms with Gasteiger partial charge in [-0.3, -0.25) is 0 Å². The topological polar surface area (TPSA) is 111 Å². The molecule has 0 atom stereocenters. The molecule has 0 spiro atoms. The number of nitrogens with zero attached hydrogens (tertiary/aromatic N) is 3. The highest BCUT2D eigenvalue weighted by molar-refractivity contribution is 7.89. The van der Waals surface area contributed by atoms with E-state index in [0.717, 1.165) is 5.52 Å². The predicted octanol–water partition coefficient (Wildman–Crippen LogP) is 2.79. The van der Waals surface area contributed by atoms with Crippen LogP contribution in [0.25, 0.3) is 11.0 Å². The molecule has 170 valence electrons. The lowest BCUT2D eigenvalue weighted by atomic mass is 10.2. The number of sulfonamides is 1. The number of halogens is 1. The number of carbonyl (C=O) groups excluding carboxylic acids is 1. The molecule has 0 radical (unpaired) electrons. The second kappa shape index (κ2) is 9.07. The van der Waals surface area contributed by atoms with E-state index in [0.29, 0.717) is 49.2 Å². The van der Waals surface area contributed by atoms with Crippen molar-refractivity contribution in [2.45, 2.75) is 25.0 Å². The van der Waals surface area contributed by atoms with Crippen molar-refractivity contribution >= 4 is 38.6 Å². The van der Waals surface area contributed by atoms with E-state index in [1.807, 2.05) is 11.5 Å². The highest BCUT2D eigenvalue weighted by atomic mass is 35.5. The van der Waals surface area contributed by atoms with Crippen LogP contribution in [-0.4, -0.2) is 59.7 Å². The SMILES string of the molecule is CCn1c(COC(=O)c2ccc(Cl)cc2O)nc2cc(S(=O)(=O)N3CCOCC3)ccc21. The molecule has 0 amide bonds. The molecule has 1 fully saturated rings. The lowest BCUT2D eigenvalue weighted by Crippen LogP contribution is -2.40. The fraction of sp³-hybridized carbons (Fsp3) is 0.333. The van der Waals surface area contributed by atoms with Gasteiger partial charge in [0.25, 0.3) is 0 Å². The Kier molecular flexibility index (Phi) is 6.38. The Bertz CT molecular complexity index is 1270. The number of aromatic nitrogens is 2. The molecule has 1 saturated heterocycles. The van der Waals surface area contributed by atoms with E-state index >= 15 is 0 Å². The van der Waals surface area contributed by atoms with Crippen LogP contribution in [-0.2, 0) is 32.6 Å². The third kappa shape index (κ3) is 4.31. The molecule has 1 aliphatic heterocycles. The third-order valence-corrected chi connectivity index (χ3v) is 7.36. The first kappa shape index (κ1) is 22.5. The molecule has 0 bridgehead atoms. The van der Waals surface area contributed by atoms with E-state index in [2.05, 4.69) is 4.98 Å². The molecule has 3 aromatic rings. The number of imidazole rings is 1. The molecule has 2 heterocycles. The van der Waals surface area contributed by atoms with Gasteiger partial charge < -0.3 is 19.1 Å². The first-order valence-electron chi connectivity index (χ1n) is 10.0. The summed E-state index contributed by atoms with van der Waals surface area (Å²) in [5.74, 6) is -0.529. The summed E-state index contributed by atoms with van der Waals surface area (Å²) < 4.78 is 39.7. The zero-order valence-corrected chi connectivity index (χ0v) is 18.9. The summed E-state index contributed by atoms with van der Waals surface area (Å²) in [5, 5.41) is 10.2. The molecular formula is C21H22ClN3O6S. The van der Waals surface area contributed by atoms with Gasteiger partial charge in [-0.2, -0.15) is 4.31 Å². The van der Waals surface area contributed by atoms with Crippen molar-refractivity contribution in [1.82, 2.24) is 13.9 Å². The minimum atomic E-state index is -3.65. The number of carbonyl (C=O) groups is 1. The van der Waals surface area contributed by atoms with Crippen LogP contribution in [0, 0.1) is 0 Å². The van der Waals surface area contributed by atoms with E-state index < -0.39 is 16.0 Å². The maximum atomic E-state index is 13.0. The van der Waals surface area contributed by atoms with Crippen molar-refractivity contribution in [3.8, 4) is 5.75 Å². The van der Waals surface area contributed by atoms with Gasteiger partial charge >= 0.3 is 5.97 Å². The monoisotopic (exact) mass is 479 g/mol. The summed E-state index contributed by atoms with van der Waals surface area (Å²) >= 11 is 5.80. The Labute approximate surface area is 190 Å². The van der Waals surface area contributed by atoms with Crippen LogP contribution >= 0.6 is 11.6 Å². The zero-order valence-electron chi connectivity index (χ0n) is 17.3. The van der Waals surface area contributed by atoms with Gasteiger partial charge in [0.05, 0.1) is 29.1 Å². The second-order valence-corrected chi connectivity index (χ2v) is 9.55. The van der Waals surface area contributed by atoms with Gasteiger partial charge in [-0.25, -0.2) is 18.2 Å². The lowest BCUT2D eigenvalue weighted by Gasteiger charge is -2.26. The summed E-state index contributed by atoms with van der Waals surface area (Å²) in [7, 11) is -3.65. The van der Waals surface area contributed by atoms with Crippen molar-refractivity contribution in [1.29, 1.82) is 0 Å². The van der Waals surface area contributed by atoms with Gasteiger partial charge in [0.15, 0.2) is 0 Å². The van der Waals surface area contributed by atoms with E-state index in [1.54, 1.807) is 12.1 Å². The molecule has 1 aromatic heterocycles. The molecule has 9 nitrogen and oxygen atoms in total. The Morgan fingerprint density at radius 3 is 2.66 bits per heavy atom. The van der Waals surface area contributed by atoms with E-state index in [-0.39, 0.29) is 22.8 Å². The third-order valence-electron chi connectivity index (χ3n) is 5.23. The molecule has 0 saturated carbocycles. The number of benzene rings is 2. The first-order valence-corrected chi connectivity index (χ1v) is 11.9. The number of morpholine rings is 1. The highest BCUT2D eigenvalue weighted by Crippen LogP contribution is 2.25. The minimum Gasteiger partial charge on any atom is -0.507 e. The highest BCUT2D eigenvalue weighted by Gasteiger charge is 2.27. The summed E-state index contributed by atoms with van der Waals surface area (Å²) in [4.78, 5) is 17.0. The smallest absolute Gasteiger partial charge is 0.342 e. The average Bonchev–Trinajstić information content (AvgIpc) is 3.14. The van der Waals surface area contributed by atoms with Crippen molar-refractivity contribution in [2.75, 3.05) is 26.3 Å². The largest absolute Gasteiger partial charge is 0.507 e. The Morgan fingerprint density at radius 2 is 1.97 bits per heavy atom. The molecular weight excluding hydrogens is 458 g/mol. The standard InChI is InChI=1S/C21H22ClN3O6S/c1-2-25-18-6-4-15(32(28,29)24-7-9-30-10-8-24)12-17(18)23-20(25)13-31-21(27)16-5-3-14(22)11-19(16)26/h3-6,11-12,26H,2,7-10,13H2,1H3. The van der Waals surface area contributed by atoms with Crippen LogP contribution in [0.4, 0.5) is 0 Å². The van der Waals surface area contributed by atoms with Crippen LogP contribution in [0.5, 0.6) is 5.75 Å². The Balaban J connectivity index is 1.59. The number of phenolic OH excluding ortho intramolecular Hbond substituents is 1. The quantitative estimate of drug-likeness (QED) is 0.541. The summed E-state index contributed by atoms with van der Waals surface area (Å²) in [6.07, 6.45) is 0. The van der Waals surface area contributed by atoms with Gasteiger partial charge in [-0.1, -0.05) is 11.6 Å². The first-order chi connectivity index (χ1) is 15.3. The molecule has 11 heteroatoms. The summed E-state index contributed by atoms with van der Waals surface area (Å²) in [5.41, 5.74) is 1.21. The van der Waals surface area contributed by atoms with Gasteiger partial charge in [-0.05, 0) is 43.3 Å². The Hall–Kier alpha value is -2.66. The number of esters is 1. The van der Waals surface area contributed by atoms with Crippen LogP contribution in [0.1, 0.15) is 23.1 Å². The number of fused-ring (bicyclic) bond motifs is 1. The van der Waals surface area contributed by atoms with E-state index in [1.165, 1.54) is 28.6 Å². The van der Waals surface area contributed by atoms with Gasteiger partial charge in [0, 0.05) is 24.7 Å². The molecule has 0 unspecified atom stereocenters. The van der Waals surface area contributed by atoms with Gasteiger partial charge in [0.2, 0.25) is 10.0 Å². The van der Waals surface area contributed by atoms with Crippen LogP contribution < -0.4 is 0 Å². The van der Waals surface area contributed by atoms with E-state index in [9.17, 15) is 18.3 Å². The van der Waals surface area contributed by atoms with Gasteiger partial charge in [-0.15, -0.1) is 0 Å². The van der Waals surface area contributed by atoms with Crippen molar-refractivity contribution < 1.29 is 27.8 Å². The normalized spacial score (nSPS) is 15.2. The fourth-order valence-corrected chi connectivity index (χ4v) is 5.20. The maximum absolute atomic E-state index is 13.0. The molecule has 4 rings (SSSR count). The number of hydrogen-bond acceptors (Lipinski definition) is 7. The number of phenols is 1. The van der Waals surface area contributed by atoms with Crippen molar-refractivity contribution in [2.24, 2.45) is 0 Å². The number of rotatable bonds is 6. The predicted molar refractivity (Wildman–Crippen MR) is 117 cm³/mol. The van der Waals surface area contributed by atoms with Crippen LogP contribution in [0.2, 0.25) is 5.02 Å². The van der Waals surface area contributed by atoms with Crippen LogP contribution in [0.3, 0.4) is 0 Å². The number of aryl methyl sites for hydroxylation is 1. The molecule has 1 aliphatic rings. The van der Waals surface area contributed by atoms with Crippen molar-refractivity contribution in [3.63, 3.8) is 0 Å². The fourth-order valence-electron chi connectivity index (χ4n) is 3.60. The van der Waals surface area contributed by atoms with Crippen LogP contribution in [0.15, 0.2) is 41.3 Å². The zero-order chi connectivity index (χ0) is 22.9.